The van der Waals surface area contributed by atoms with Crippen molar-refractivity contribution in [2.24, 2.45) is 5.73 Å². The van der Waals surface area contributed by atoms with Crippen molar-refractivity contribution in [2.45, 2.75) is 31.8 Å². The number of benzene rings is 1. The van der Waals surface area contributed by atoms with E-state index in [2.05, 4.69) is 18.4 Å². The summed E-state index contributed by atoms with van der Waals surface area (Å²) in [6.07, 6.45) is 3.91. The fourth-order valence-corrected chi connectivity index (χ4v) is 5.94. The molecule has 1 aromatic carbocycles. The highest BCUT2D eigenvalue weighted by atomic mass is 32.1. The SMILES string of the molecule is COc1c2c(cc3c1[C@@H](Nc1sc4c(c1C(N)=O)CCC4)[NH+](C)CC3)OCO2. The van der Waals surface area contributed by atoms with Crippen molar-refractivity contribution in [1.29, 1.82) is 0 Å². The topological polar surface area (TPSA) is 87.2 Å². The van der Waals surface area contributed by atoms with E-state index in [9.17, 15) is 4.79 Å². The van der Waals surface area contributed by atoms with Crippen LogP contribution in [0.15, 0.2) is 6.07 Å². The number of likely N-dealkylation sites (N-methyl/N-ethyl adjacent to an activating group) is 1. The number of rotatable bonds is 4. The van der Waals surface area contributed by atoms with Gasteiger partial charge in [0.1, 0.15) is 5.00 Å². The van der Waals surface area contributed by atoms with Crippen LogP contribution in [0.1, 0.15) is 44.5 Å². The zero-order chi connectivity index (χ0) is 19.4. The lowest BCUT2D eigenvalue weighted by molar-refractivity contribution is -0.910. The van der Waals surface area contributed by atoms with E-state index >= 15 is 0 Å². The molecular formula is C20H24N3O4S+. The van der Waals surface area contributed by atoms with Crippen molar-refractivity contribution in [3.63, 3.8) is 0 Å². The zero-order valence-corrected chi connectivity index (χ0v) is 16.8. The summed E-state index contributed by atoms with van der Waals surface area (Å²) in [6, 6.07) is 2.06. The third-order valence-corrected chi connectivity index (χ3v) is 7.18. The Balaban J connectivity index is 1.61. The Morgan fingerprint density at radius 1 is 1.36 bits per heavy atom. The van der Waals surface area contributed by atoms with Gasteiger partial charge >= 0.3 is 0 Å². The van der Waals surface area contributed by atoms with Gasteiger partial charge in [-0.15, -0.1) is 11.3 Å². The summed E-state index contributed by atoms with van der Waals surface area (Å²) in [4.78, 5) is 14.8. The lowest BCUT2D eigenvalue weighted by atomic mass is 9.95. The van der Waals surface area contributed by atoms with Gasteiger partial charge in [0.2, 0.25) is 12.5 Å². The molecule has 1 aliphatic carbocycles. The maximum absolute atomic E-state index is 12.2. The number of amides is 1. The molecule has 3 heterocycles. The molecule has 28 heavy (non-hydrogen) atoms. The van der Waals surface area contributed by atoms with Gasteiger partial charge in [-0.05, 0) is 36.5 Å². The van der Waals surface area contributed by atoms with Gasteiger partial charge in [0.25, 0.3) is 5.91 Å². The molecule has 0 saturated heterocycles. The number of aryl methyl sites for hydroxylation is 1. The third-order valence-electron chi connectivity index (χ3n) is 5.96. The Labute approximate surface area is 167 Å². The Morgan fingerprint density at radius 3 is 3.00 bits per heavy atom. The van der Waals surface area contributed by atoms with E-state index < -0.39 is 0 Å². The van der Waals surface area contributed by atoms with E-state index in [-0.39, 0.29) is 18.9 Å². The molecule has 1 unspecified atom stereocenters. The molecule has 0 radical (unpaired) electrons. The summed E-state index contributed by atoms with van der Waals surface area (Å²) in [5, 5.41) is 4.51. The van der Waals surface area contributed by atoms with E-state index in [0.29, 0.717) is 17.1 Å². The van der Waals surface area contributed by atoms with Gasteiger partial charge in [0.05, 0.1) is 31.8 Å². The first-order valence-corrected chi connectivity index (χ1v) is 10.4. The average molecular weight is 402 g/mol. The summed E-state index contributed by atoms with van der Waals surface area (Å²) in [7, 11) is 3.81. The predicted octanol–water partition coefficient (Wildman–Crippen LogP) is 1.25. The molecule has 0 spiro atoms. The number of methoxy groups -OCH3 is 1. The second-order valence-electron chi connectivity index (χ2n) is 7.57. The molecule has 0 fully saturated rings. The van der Waals surface area contributed by atoms with Gasteiger partial charge in [-0.25, -0.2) is 0 Å². The molecule has 8 heteroatoms. The quantitative estimate of drug-likeness (QED) is 0.717. The summed E-state index contributed by atoms with van der Waals surface area (Å²) < 4.78 is 17.0. The van der Waals surface area contributed by atoms with Crippen LogP contribution in [0.4, 0.5) is 5.00 Å². The lowest BCUT2D eigenvalue weighted by Crippen LogP contribution is -3.11. The third kappa shape index (κ3) is 2.55. The van der Waals surface area contributed by atoms with E-state index in [4.69, 9.17) is 19.9 Å². The molecule has 2 aromatic rings. The van der Waals surface area contributed by atoms with E-state index in [1.54, 1.807) is 18.4 Å². The molecule has 2 atom stereocenters. The largest absolute Gasteiger partial charge is 0.492 e. The zero-order valence-electron chi connectivity index (χ0n) is 16.0. The van der Waals surface area contributed by atoms with Crippen molar-refractivity contribution in [1.82, 2.24) is 0 Å². The molecule has 7 nitrogen and oxygen atoms in total. The molecule has 5 rings (SSSR count). The Morgan fingerprint density at radius 2 is 2.21 bits per heavy atom. The van der Waals surface area contributed by atoms with Crippen molar-refractivity contribution in [3.05, 3.63) is 33.2 Å². The molecule has 3 aliphatic rings. The minimum absolute atomic E-state index is 0.0647. The molecule has 148 valence electrons. The first-order valence-electron chi connectivity index (χ1n) is 9.61. The molecule has 0 saturated carbocycles. The molecule has 1 aromatic heterocycles. The summed E-state index contributed by atoms with van der Waals surface area (Å²) in [6.45, 7) is 1.17. The Kier molecular flexibility index (Phi) is 4.13. The normalized spacial score (nSPS) is 21.9. The highest BCUT2D eigenvalue weighted by Gasteiger charge is 2.38. The highest BCUT2D eigenvalue weighted by molar-refractivity contribution is 7.16. The van der Waals surface area contributed by atoms with Crippen LogP contribution >= 0.6 is 11.3 Å². The number of thiophene rings is 1. The molecule has 0 bridgehead atoms. The average Bonchev–Trinajstić information content (AvgIpc) is 3.37. The fraction of sp³-hybridized carbons (Fsp3) is 0.450. The maximum Gasteiger partial charge on any atom is 0.251 e. The smallest absolute Gasteiger partial charge is 0.251 e. The van der Waals surface area contributed by atoms with Gasteiger partial charge in [0.15, 0.2) is 17.7 Å². The minimum atomic E-state index is -0.353. The minimum Gasteiger partial charge on any atom is -0.492 e. The first kappa shape index (κ1) is 17.6. The van der Waals surface area contributed by atoms with Gasteiger partial charge in [0, 0.05) is 11.3 Å². The molecule has 1 amide bonds. The Bertz CT molecular complexity index is 971. The predicted molar refractivity (Wildman–Crippen MR) is 106 cm³/mol. The lowest BCUT2D eigenvalue weighted by Gasteiger charge is -2.33. The van der Waals surface area contributed by atoms with Crippen LogP contribution in [-0.4, -0.2) is 33.4 Å². The number of hydrogen-bond donors (Lipinski definition) is 3. The fourth-order valence-electron chi connectivity index (χ4n) is 4.62. The number of carbonyl (C=O) groups excluding carboxylic acids is 1. The highest BCUT2D eigenvalue weighted by Crippen LogP contribution is 2.48. The number of anilines is 1. The second kappa shape index (κ2) is 6.56. The maximum atomic E-state index is 12.2. The van der Waals surface area contributed by atoms with Crippen molar-refractivity contribution in [2.75, 3.05) is 32.8 Å². The first-order chi connectivity index (χ1) is 13.6. The van der Waals surface area contributed by atoms with Gasteiger partial charge < -0.3 is 30.2 Å². The van der Waals surface area contributed by atoms with Crippen molar-refractivity contribution in [3.8, 4) is 17.2 Å². The van der Waals surface area contributed by atoms with Crippen molar-refractivity contribution < 1.29 is 23.9 Å². The van der Waals surface area contributed by atoms with Crippen LogP contribution in [0.5, 0.6) is 17.2 Å². The molecule has 2 aliphatic heterocycles. The van der Waals surface area contributed by atoms with E-state index in [1.807, 2.05) is 0 Å². The van der Waals surface area contributed by atoms with Crippen LogP contribution in [-0.2, 0) is 19.3 Å². The van der Waals surface area contributed by atoms with Crippen LogP contribution < -0.4 is 30.2 Å². The number of ether oxygens (including phenoxy) is 3. The van der Waals surface area contributed by atoms with Crippen LogP contribution in [0.2, 0.25) is 0 Å². The summed E-state index contributed by atoms with van der Waals surface area (Å²) >= 11 is 1.66. The van der Waals surface area contributed by atoms with E-state index in [0.717, 1.165) is 54.1 Å². The van der Waals surface area contributed by atoms with Gasteiger partial charge in [-0.3, -0.25) is 4.79 Å². The Hall–Kier alpha value is -2.45. The standard InChI is InChI=1S/C20H23N3O4S/c1-23-7-6-10-8-12-16(27-9-26-12)17(25-2)14(10)19(23)22-20-15(18(21)24)11-4-3-5-13(11)28-20/h8,19,22H,3-7,9H2,1-2H3,(H2,21,24)/p+1/t19-/m0/s1. The number of carbonyl (C=O) groups is 1. The number of hydrogen-bond acceptors (Lipinski definition) is 6. The second-order valence-corrected chi connectivity index (χ2v) is 8.67. The summed E-state index contributed by atoms with van der Waals surface area (Å²) in [5.41, 5.74) is 9.81. The number of fused-ring (bicyclic) bond motifs is 3. The molecule has 4 N–H and O–H groups in total. The number of nitrogens with two attached hydrogens (primary N) is 1. The number of nitrogens with one attached hydrogen (secondary N) is 2. The van der Waals surface area contributed by atoms with Gasteiger partial charge in [-0.2, -0.15) is 0 Å². The van der Waals surface area contributed by atoms with Crippen molar-refractivity contribution >= 4 is 22.2 Å². The monoisotopic (exact) mass is 402 g/mol. The summed E-state index contributed by atoms with van der Waals surface area (Å²) in [5.74, 6) is 1.76. The van der Waals surface area contributed by atoms with E-state index in [1.165, 1.54) is 15.3 Å². The van der Waals surface area contributed by atoms with Gasteiger partial charge in [-0.1, -0.05) is 0 Å². The van der Waals surface area contributed by atoms with Crippen LogP contribution in [0.25, 0.3) is 0 Å². The van der Waals surface area contributed by atoms with Crippen LogP contribution in [0.3, 0.4) is 0 Å². The molecular weight excluding hydrogens is 378 g/mol. The van der Waals surface area contributed by atoms with Crippen LogP contribution in [0, 0.1) is 0 Å². The number of quaternary nitrogens is 1. The number of primary amides is 1.